The van der Waals surface area contributed by atoms with Gasteiger partial charge in [0.25, 0.3) is 5.69 Å². The maximum atomic E-state index is 10.8. The summed E-state index contributed by atoms with van der Waals surface area (Å²) in [5.41, 5.74) is 1.94. The predicted octanol–water partition coefficient (Wildman–Crippen LogP) is 2.95. The van der Waals surface area contributed by atoms with E-state index in [0.717, 1.165) is 12.5 Å². The molecule has 0 saturated carbocycles. The number of non-ortho nitro benzene ring substituents is 1. The number of hydrazone groups is 1. The van der Waals surface area contributed by atoms with Gasteiger partial charge in [0, 0.05) is 12.3 Å². The van der Waals surface area contributed by atoms with Crippen molar-refractivity contribution in [2.24, 2.45) is 11.0 Å². The number of rotatable bonds is 6. The Kier molecular flexibility index (Phi) is 4.92. The second-order valence-corrected chi connectivity index (χ2v) is 3.99. The number of hydrogen-bond donors (Lipinski definition) is 1. The highest BCUT2D eigenvalue weighted by molar-refractivity contribution is 5.68. The van der Waals surface area contributed by atoms with Crippen LogP contribution in [-0.2, 0) is 0 Å². The molecule has 1 N–H and O–H groups in total. The molecule has 0 saturated heterocycles. The van der Waals surface area contributed by atoms with Crippen LogP contribution in [0.25, 0.3) is 0 Å². The lowest BCUT2D eigenvalue weighted by Crippen LogP contribution is -2.00. The number of nitro groups is 2. The summed E-state index contributed by atoms with van der Waals surface area (Å²) in [5.74, 6) is 0.240. The Hall–Kier alpha value is -2.51. The van der Waals surface area contributed by atoms with Crippen LogP contribution in [0.4, 0.5) is 17.1 Å². The molecule has 0 bridgehead atoms. The zero-order valence-electron chi connectivity index (χ0n) is 10.6. The molecule has 0 spiro atoms. The van der Waals surface area contributed by atoms with Gasteiger partial charge in [0.05, 0.1) is 15.9 Å². The lowest BCUT2D eigenvalue weighted by Gasteiger charge is -2.03. The number of anilines is 1. The van der Waals surface area contributed by atoms with Crippen LogP contribution in [0.3, 0.4) is 0 Å². The highest BCUT2D eigenvalue weighted by Crippen LogP contribution is 2.28. The summed E-state index contributed by atoms with van der Waals surface area (Å²) in [5, 5.41) is 25.3. The van der Waals surface area contributed by atoms with Gasteiger partial charge >= 0.3 is 5.69 Å². The van der Waals surface area contributed by atoms with Crippen molar-refractivity contribution in [2.75, 3.05) is 5.43 Å². The molecule has 0 aromatic heterocycles. The second kappa shape index (κ2) is 6.43. The summed E-state index contributed by atoms with van der Waals surface area (Å²) >= 11 is 0. The average Bonchev–Trinajstić information content (AvgIpc) is 2.38. The maximum Gasteiger partial charge on any atom is 0.301 e. The van der Waals surface area contributed by atoms with Crippen molar-refractivity contribution < 1.29 is 9.85 Å². The van der Waals surface area contributed by atoms with Crippen LogP contribution in [0.5, 0.6) is 0 Å². The first kappa shape index (κ1) is 14.6. The van der Waals surface area contributed by atoms with E-state index in [1.54, 1.807) is 6.21 Å². The normalized spacial score (nSPS) is 12.3. The summed E-state index contributed by atoms with van der Waals surface area (Å²) in [6.07, 6.45) is 2.53. The van der Waals surface area contributed by atoms with E-state index in [2.05, 4.69) is 10.5 Å². The fourth-order valence-electron chi connectivity index (χ4n) is 1.22. The van der Waals surface area contributed by atoms with Gasteiger partial charge in [-0.05, 0) is 18.4 Å². The van der Waals surface area contributed by atoms with Crippen molar-refractivity contribution in [2.45, 2.75) is 20.3 Å². The van der Waals surface area contributed by atoms with Gasteiger partial charge in [0.2, 0.25) is 0 Å². The van der Waals surface area contributed by atoms with Crippen LogP contribution >= 0.6 is 0 Å². The summed E-state index contributed by atoms with van der Waals surface area (Å²) in [7, 11) is 0. The topological polar surface area (TPSA) is 111 Å². The van der Waals surface area contributed by atoms with Crippen LogP contribution in [0.1, 0.15) is 20.3 Å². The minimum absolute atomic E-state index is 0.121. The Morgan fingerprint density at radius 2 is 2.05 bits per heavy atom. The first-order valence-electron chi connectivity index (χ1n) is 5.67. The Labute approximate surface area is 109 Å². The maximum absolute atomic E-state index is 10.8. The molecule has 1 aromatic carbocycles. The fraction of sp³-hybridized carbons (Fsp3) is 0.364. The Balaban J connectivity index is 2.97. The van der Waals surface area contributed by atoms with Gasteiger partial charge in [-0.3, -0.25) is 25.7 Å². The standard InChI is InChI=1S/C11H14N4O4/c1-3-8(2)7-12-13-10-5-4-9(14(16)17)6-11(10)15(18)19/h4-8,13H,3H2,1-2H3/b12-7-/t8-/m1/s1. The molecule has 0 aliphatic heterocycles. The minimum atomic E-state index is -0.686. The number of nitrogens with one attached hydrogen (secondary N) is 1. The lowest BCUT2D eigenvalue weighted by molar-refractivity contribution is -0.393. The largest absolute Gasteiger partial charge is 0.301 e. The third-order valence-electron chi connectivity index (χ3n) is 2.55. The van der Waals surface area contributed by atoms with Crippen molar-refractivity contribution in [3.63, 3.8) is 0 Å². The first-order chi connectivity index (χ1) is 8.95. The van der Waals surface area contributed by atoms with Crippen molar-refractivity contribution in [3.05, 3.63) is 38.4 Å². The molecule has 0 amide bonds. The first-order valence-corrected chi connectivity index (χ1v) is 5.67. The predicted molar refractivity (Wildman–Crippen MR) is 71.3 cm³/mol. The molecule has 1 rings (SSSR count). The van der Waals surface area contributed by atoms with Crippen LogP contribution in [0.15, 0.2) is 23.3 Å². The molecule has 1 atom stereocenters. The van der Waals surface area contributed by atoms with Gasteiger partial charge in [0.15, 0.2) is 0 Å². The lowest BCUT2D eigenvalue weighted by atomic mass is 10.1. The molecule has 8 heteroatoms. The van der Waals surface area contributed by atoms with E-state index in [1.807, 2.05) is 13.8 Å². The molecule has 0 radical (unpaired) electrons. The van der Waals surface area contributed by atoms with Crippen molar-refractivity contribution in [1.29, 1.82) is 0 Å². The van der Waals surface area contributed by atoms with Gasteiger partial charge < -0.3 is 0 Å². The van der Waals surface area contributed by atoms with Crippen molar-refractivity contribution in [1.82, 2.24) is 0 Å². The molecular weight excluding hydrogens is 252 g/mol. The van der Waals surface area contributed by atoms with Crippen LogP contribution in [0.2, 0.25) is 0 Å². The zero-order valence-corrected chi connectivity index (χ0v) is 10.6. The molecule has 8 nitrogen and oxygen atoms in total. The molecule has 0 aliphatic carbocycles. The highest BCUT2D eigenvalue weighted by atomic mass is 16.6. The molecule has 19 heavy (non-hydrogen) atoms. The molecule has 102 valence electrons. The number of nitro benzene ring substituents is 2. The Morgan fingerprint density at radius 1 is 1.37 bits per heavy atom. The van der Waals surface area contributed by atoms with E-state index in [1.165, 1.54) is 12.1 Å². The van der Waals surface area contributed by atoms with Crippen LogP contribution < -0.4 is 5.43 Å². The van der Waals surface area contributed by atoms with Crippen LogP contribution in [-0.4, -0.2) is 16.1 Å². The summed E-state index contributed by atoms with van der Waals surface area (Å²) in [6, 6.07) is 3.36. The molecular formula is C11H14N4O4. The fourth-order valence-corrected chi connectivity index (χ4v) is 1.22. The number of hydrogen-bond acceptors (Lipinski definition) is 6. The number of nitrogens with zero attached hydrogens (tertiary/aromatic N) is 3. The summed E-state index contributed by atoms with van der Waals surface area (Å²) in [6.45, 7) is 3.94. The molecule has 0 unspecified atom stereocenters. The zero-order chi connectivity index (χ0) is 14.4. The third kappa shape index (κ3) is 4.02. The Morgan fingerprint density at radius 3 is 2.58 bits per heavy atom. The van der Waals surface area contributed by atoms with E-state index < -0.39 is 9.85 Å². The molecule has 0 heterocycles. The van der Waals surface area contributed by atoms with Gasteiger partial charge in [-0.15, -0.1) is 0 Å². The van der Waals surface area contributed by atoms with Gasteiger partial charge in [-0.1, -0.05) is 13.8 Å². The van der Waals surface area contributed by atoms with Gasteiger partial charge in [0.1, 0.15) is 5.69 Å². The van der Waals surface area contributed by atoms with E-state index in [4.69, 9.17) is 0 Å². The summed E-state index contributed by atoms with van der Waals surface area (Å²) in [4.78, 5) is 20.0. The second-order valence-electron chi connectivity index (χ2n) is 3.99. The van der Waals surface area contributed by atoms with E-state index in [9.17, 15) is 20.2 Å². The van der Waals surface area contributed by atoms with Crippen molar-refractivity contribution >= 4 is 23.3 Å². The average molecular weight is 266 g/mol. The van der Waals surface area contributed by atoms with Gasteiger partial charge in [-0.25, -0.2) is 0 Å². The minimum Gasteiger partial charge on any atom is -0.272 e. The molecule has 1 aromatic rings. The molecule has 0 aliphatic rings. The quantitative estimate of drug-likeness (QED) is 0.483. The number of benzene rings is 1. The monoisotopic (exact) mass is 266 g/mol. The van der Waals surface area contributed by atoms with Gasteiger partial charge in [-0.2, -0.15) is 5.10 Å². The highest BCUT2D eigenvalue weighted by Gasteiger charge is 2.18. The third-order valence-corrected chi connectivity index (χ3v) is 2.55. The van der Waals surface area contributed by atoms with Crippen LogP contribution in [0, 0.1) is 26.1 Å². The van der Waals surface area contributed by atoms with E-state index in [0.29, 0.717) is 0 Å². The Bertz CT molecular complexity index is 515. The smallest absolute Gasteiger partial charge is 0.272 e. The summed E-state index contributed by atoms with van der Waals surface area (Å²) < 4.78 is 0. The van der Waals surface area contributed by atoms with E-state index in [-0.39, 0.29) is 23.0 Å². The molecule has 0 fully saturated rings. The SMILES string of the molecule is CC[C@@H](C)/C=N\Nc1ccc([N+](=O)[O-])cc1[N+](=O)[O-]. The van der Waals surface area contributed by atoms with Crippen molar-refractivity contribution in [3.8, 4) is 0 Å². The van der Waals surface area contributed by atoms with E-state index >= 15 is 0 Å².